The van der Waals surface area contributed by atoms with Crippen molar-refractivity contribution >= 4 is 11.7 Å². The predicted molar refractivity (Wildman–Crippen MR) is 116 cm³/mol. The largest absolute Gasteiger partial charge is 0.494 e. The number of benzene rings is 2. The first-order valence-corrected chi connectivity index (χ1v) is 10.1. The number of aryl methyl sites for hydroxylation is 2. The molecule has 3 aromatic rings. The molecule has 29 heavy (non-hydrogen) atoms. The first-order chi connectivity index (χ1) is 14.1. The van der Waals surface area contributed by atoms with Crippen LogP contribution in [0.25, 0.3) is 0 Å². The van der Waals surface area contributed by atoms with Crippen LogP contribution in [0, 0.1) is 13.8 Å². The van der Waals surface area contributed by atoms with Crippen LogP contribution in [0.1, 0.15) is 35.3 Å². The van der Waals surface area contributed by atoms with Gasteiger partial charge in [-0.3, -0.25) is 0 Å². The molecule has 0 saturated carbocycles. The summed E-state index contributed by atoms with van der Waals surface area (Å²) in [6, 6.07) is 18.0. The number of anilines is 1. The first kappa shape index (κ1) is 19.1. The highest BCUT2D eigenvalue weighted by Gasteiger charge is 2.32. The zero-order valence-corrected chi connectivity index (χ0v) is 17.2. The van der Waals surface area contributed by atoms with Crippen molar-refractivity contribution in [2.75, 3.05) is 18.5 Å². The number of fused-ring (bicyclic) bond motifs is 1. The van der Waals surface area contributed by atoms with Crippen molar-refractivity contribution in [1.29, 1.82) is 0 Å². The van der Waals surface area contributed by atoms with E-state index >= 15 is 0 Å². The molecule has 0 aliphatic carbocycles. The number of aromatic nitrogens is 1. The fraction of sp³-hybridized carbons (Fsp3) is 0.292. The van der Waals surface area contributed by atoms with E-state index in [1.807, 2.05) is 48.2 Å². The molecule has 2 heterocycles. The molecule has 2 aromatic carbocycles. The maximum atomic E-state index is 13.2. The van der Waals surface area contributed by atoms with Crippen LogP contribution in [0.5, 0.6) is 5.75 Å². The summed E-state index contributed by atoms with van der Waals surface area (Å²) in [5.74, 6) is 0.841. The minimum Gasteiger partial charge on any atom is -0.494 e. The number of carbonyl (C=O) groups is 1. The van der Waals surface area contributed by atoms with E-state index in [0.29, 0.717) is 13.2 Å². The zero-order valence-electron chi connectivity index (χ0n) is 17.2. The first-order valence-electron chi connectivity index (χ1n) is 10.1. The van der Waals surface area contributed by atoms with Gasteiger partial charge in [0.15, 0.2) is 0 Å². The Morgan fingerprint density at radius 2 is 1.86 bits per heavy atom. The minimum atomic E-state index is -0.138. The molecule has 1 aromatic heterocycles. The van der Waals surface area contributed by atoms with Gasteiger partial charge in [0.2, 0.25) is 0 Å². The number of urea groups is 1. The van der Waals surface area contributed by atoms with Gasteiger partial charge in [-0.15, -0.1) is 0 Å². The van der Waals surface area contributed by atoms with Crippen molar-refractivity contribution in [3.8, 4) is 5.75 Å². The maximum Gasteiger partial charge on any atom is 0.322 e. The van der Waals surface area contributed by atoms with E-state index in [-0.39, 0.29) is 12.1 Å². The molecule has 5 nitrogen and oxygen atoms in total. The molecule has 0 bridgehead atoms. The van der Waals surface area contributed by atoms with Crippen LogP contribution in [0.15, 0.2) is 60.8 Å². The number of amides is 2. The van der Waals surface area contributed by atoms with Crippen molar-refractivity contribution in [3.05, 3.63) is 83.2 Å². The number of carbonyl (C=O) groups excluding carboxylic acids is 1. The second-order valence-corrected chi connectivity index (χ2v) is 7.45. The monoisotopic (exact) mass is 389 g/mol. The Hall–Kier alpha value is -3.21. The fourth-order valence-electron chi connectivity index (χ4n) is 3.88. The maximum absolute atomic E-state index is 13.2. The van der Waals surface area contributed by atoms with Gasteiger partial charge < -0.3 is 19.5 Å². The Kier molecular flexibility index (Phi) is 5.30. The lowest BCUT2D eigenvalue weighted by molar-refractivity contribution is 0.182. The third-order valence-electron chi connectivity index (χ3n) is 5.56. The number of rotatable bonds is 4. The summed E-state index contributed by atoms with van der Waals surface area (Å²) in [7, 11) is 0. The van der Waals surface area contributed by atoms with Crippen molar-refractivity contribution in [1.82, 2.24) is 9.47 Å². The highest BCUT2D eigenvalue weighted by Crippen LogP contribution is 2.33. The predicted octanol–water partition coefficient (Wildman–Crippen LogP) is 5.14. The lowest BCUT2D eigenvalue weighted by Crippen LogP contribution is -2.44. The van der Waals surface area contributed by atoms with E-state index in [1.54, 1.807) is 0 Å². The highest BCUT2D eigenvalue weighted by atomic mass is 16.5. The molecular formula is C24H27N3O2. The molecular weight excluding hydrogens is 362 g/mol. The second kappa shape index (κ2) is 8.03. The molecule has 0 radical (unpaired) electrons. The molecule has 1 aliphatic rings. The van der Waals surface area contributed by atoms with E-state index in [2.05, 4.69) is 48.1 Å². The Balaban J connectivity index is 1.63. The molecule has 5 heteroatoms. The van der Waals surface area contributed by atoms with Crippen molar-refractivity contribution in [2.45, 2.75) is 33.4 Å². The molecule has 1 aliphatic heterocycles. The van der Waals surface area contributed by atoms with Crippen molar-refractivity contribution < 1.29 is 9.53 Å². The summed E-state index contributed by atoms with van der Waals surface area (Å²) >= 11 is 0. The van der Waals surface area contributed by atoms with E-state index < -0.39 is 0 Å². The smallest absolute Gasteiger partial charge is 0.322 e. The fourth-order valence-corrected chi connectivity index (χ4v) is 3.88. The molecule has 0 saturated heterocycles. The van der Waals surface area contributed by atoms with Crippen molar-refractivity contribution in [3.63, 3.8) is 0 Å². The van der Waals surface area contributed by atoms with E-state index in [9.17, 15) is 4.79 Å². The summed E-state index contributed by atoms with van der Waals surface area (Å²) in [4.78, 5) is 15.1. The number of hydrogen-bond acceptors (Lipinski definition) is 2. The lowest BCUT2D eigenvalue weighted by atomic mass is 10.00. The average Bonchev–Trinajstić information content (AvgIpc) is 3.20. The van der Waals surface area contributed by atoms with Gasteiger partial charge in [-0.05, 0) is 73.9 Å². The van der Waals surface area contributed by atoms with Crippen LogP contribution >= 0.6 is 0 Å². The van der Waals surface area contributed by atoms with Gasteiger partial charge in [-0.25, -0.2) is 4.79 Å². The molecule has 2 amide bonds. The van der Waals surface area contributed by atoms with Gasteiger partial charge in [0.05, 0.1) is 12.6 Å². The minimum absolute atomic E-state index is 0.0837. The Morgan fingerprint density at radius 3 is 2.59 bits per heavy atom. The molecule has 0 fully saturated rings. The quantitative estimate of drug-likeness (QED) is 0.671. The summed E-state index contributed by atoms with van der Waals surface area (Å²) in [6.07, 6.45) is 2.08. The van der Waals surface area contributed by atoms with Gasteiger partial charge in [-0.2, -0.15) is 0 Å². The standard InChI is InChI=1S/C24H27N3O2/c1-4-29-21-11-8-19(9-12-21)23-22-6-5-13-26(22)14-15-27(23)24(28)25-20-10-7-17(2)18(3)16-20/h5-13,16,23H,4,14-15H2,1-3H3,(H,25,28). The number of ether oxygens (including phenoxy) is 1. The van der Waals surface area contributed by atoms with Crippen LogP contribution in [0.2, 0.25) is 0 Å². The SMILES string of the molecule is CCOc1ccc(C2c3cccn3CCN2C(=O)Nc2ccc(C)c(C)c2)cc1. The van der Waals surface area contributed by atoms with Crippen LogP contribution in [-0.2, 0) is 6.54 Å². The zero-order chi connectivity index (χ0) is 20.4. The van der Waals surface area contributed by atoms with E-state index in [1.165, 1.54) is 11.1 Å². The van der Waals surface area contributed by atoms with Crippen LogP contribution < -0.4 is 10.1 Å². The third-order valence-corrected chi connectivity index (χ3v) is 5.56. The summed E-state index contributed by atoms with van der Waals surface area (Å²) in [5, 5.41) is 3.09. The Bertz CT molecular complexity index is 1010. The lowest BCUT2D eigenvalue weighted by Gasteiger charge is -2.37. The van der Waals surface area contributed by atoms with E-state index in [4.69, 9.17) is 4.74 Å². The second-order valence-electron chi connectivity index (χ2n) is 7.45. The Labute approximate surface area is 171 Å². The van der Waals surface area contributed by atoms with Crippen LogP contribution in [-0.4, -0.2) is 28.6 Å². The number of nitrogens with one attached hydrogen (secondary N) is 1. The molecule has 4 rings (SSSR count). The van der Waals surface area contributed by atoms with Crippen LogP contribution in [0.3, 0.4) is 0 Å². The van der Waals surface area contributed by atoms with Gasteiger partial charge in [-0.1, -0.05) is 18.2 Å². The van der Waals surface area contributed by atoms with E-state index in [0.717, 1.165) is 29.2 Å². The summed E-state index contributed by atoms with van der Waals surface area (Å²) < 4.78 is 7.80. The Morgan fingerprint density at radius 1 is 1.07 bits per heavy atom. The molecule has 150 valence electrons. The van der Waals surface area contributed by atoms with Crippen molar-refractivity contribution in [2.24, 2.45) is 0 Å². The highest BCUT2D eigenvalue weighted by molar-refractivity contribution is 5.90. The summed E-state index contributed by atoms with van der Waals surface area (Å²) in [6.45, 7) is 8.17. The number of nitrogens with zero attached hydrogens (tertiary/aromatic N) is 2. The third kappa shape index (κ3) is 3.86. The number of hydrogen-bond donors (Lipinski definition) is 1. The average molecular weight is 389 g/mol. The van der Waals surface area contributed by atoms with Gasteiger partial charge in [0.25, 0.3) is 0 Å². The topological polar surface area (TPSA) is 46.5 Å². The van der Waals surface area contributed by atoms with Gasteiger partial charge >= 0.3 is 6.03 Å². The van der Waals surface area contributed by atoms with Gasteiger partial charge in [0, 0.05) is 30.7 Å². The summed E-state index contributed by atoms with van der Waals surface area (Å²) in [5.41, 5.74) is 5.40. The molecule has 1 atom stereocenters. The van der Waals surface area contributed by atoms with Gasteiger partial charge in [0.1, 0.15) is 5.75 Å². The molecule has 1 unspecified atom stereocenters. The normalized spacial score (nSPS) is 15.7. The molecule has 1 N–H and O–H groups in total. The van der Waals surface area contributed by atoms with Crippen LogP contribution in [0.4, 0.5) is 10.5 Å². The molecule has 0 spiro atoms.